The van der Waals surface area contributed by atoms with Gasteiger partial charge in [-0.05, 0) is 42.3 Å². The fourth-order valence-electron chi connectivity index (χ4n) is 4.74. The Kier molecular flexibility index (Phi) is 4.56. The summed E-state index contributed by atoms with van der Waals surface area (Å²) in [6.45, 7) is 4.60. The van der Waals surface area contributed by atoms with Crippen LogP contribution < -0.4 is 5.32 Å². The van der Waals surface area contributed by atoms with Gasteiger partial charge in [-0.25, -0.2) is 8.78 Å². The maximum atomic E-state index is 13.8. The Morgan fingerprint density at radius 1 is 0.879 bits per heavy atom. The number of nitrogens with one attached hydrogen (secondary N) is 1. The van der Waals surface area contributed by atoms with Crippen LogP contribution in [0.4, 0.5) is 14.7 Å². The molecule has 1 N–H and O–H groups in total. The Balaban J connectivity index is 1.83. The van der Waals surface area contributed by atoms with Crippen LogP contribution in [0.15, 0.2) is 53.1 Å². The van der Waals surface area contributed by atoms with Gasteiger partial charge in [0.05, 0.1) is 11.7 Å². The number of carbonyl (C=O) groups is 2. The molecule has 0 bridgehead atoms. The number of esters is 2. The van der Waals surface area contributed by atoms with Gasteiger partial charge in [0.25, 0.3) is 5.79 Å². The van der Waals surface area contributed by atoms with Gasteiger partial charge in [0, 0.05) is 25.3 Å². The zero-order valence-corrected chi connectivity index (χ0v) is 18.0. The third kappa shape index (κ3) is 3.10. The summed E-state index contributed by atoms with van der Waals surface area (Å²) < 4.78 is 44.1. The quantitative estimate of drug-likeness (QED) is 0.454. The molecule has 33 heavy (non-hydrogen) atoms. The number of carbonyl (C=O) groups excluding carboxylic acids is 2. The molecular formula is C24H20F2N2O5. The minimum Gasteiger partial charge on any atom is -0.422 e. The summed E-state index contributed by atoms with van der Waals surface area (Å²) in [5.41, 5.74) is -0.181. The summed E-state index contributed by atoms with van der Waals surface area (Å²) in [6, 6.07) is 9.79. The molecule has 1 fully saturated rings. The van der Waals surface area contributed by atoms with Crippen molar-refractivity contribution in [1.29, 1.82) is 0 Å². The molecule has 0 unspecified atom stereocenters. The number of fused-ring (bicyclic) bond motifs is 1. The first-order chi connectivity index (χ1) is 15.6. The topological polar surface area (TPSA) is 90.7 Å². The molecule has 0 amide bonds. The number of cyclic esters (lactones) is 2. The summed E-state index contributed by atoms with van der Waals surface area (Å²) in [7, 11) is 0. The normalized spacial score (nSPS) is 22.8. The third-order valence-corrected chi connectivity index (χ3v) is 6.14. The fraction of sp³-hybridized carbons (Fsp3) is 0.292. The van der Waals surface area contributed by atoms with E-state index in [1.165, 1.54) is 62.4 Å². The molecule has 0 aliphatic carbocycles. The fourth-order valence-corrected chi connectivity index (χ4v) is 4.74. The molecular weight excluding hydrogens is 434 g/mol. The van der Waals surface area contributed by atoms with E-state index in [4.69, 9.17) is 14.0 Å². The highest BCUT2D eigenvalue weighted by molar-refractivity contribution is 6.06. The van der Waals surface area contributed by atoms with Crippen molar-refractivity contribution in [2.75, 3.05) is 5.32 Å². The molecule has 1 aromatic heterocycles. The van der Waals surface area contributed by atoms with E-state index in [2.05, 4.69) is 10.5 Å². The van der Waals surface area contributed by atoms with Crippen LogP contribution in [-0.2, 0) is 19.1 Å². The lowest BCUT2D eigenvalue weighted by Gasteiger charge is -2.49. The summed E-state index contributed by atoms with van der Waals surface area (Å²) in [5, 5.41) is 7.10. The average Bonchev–Trinajstić information content (AvgIpc) is 3.12. The Hall–Kier alpha value is -3.75. The highest BCUT2D eigenvalue weighted by Crippen LogP contribution is 2.59. The number of anilines is 1. The van der Waals surface area contributed by atoms with Crippen LogP contribution in [0.1, 0.15) is 48.2 Å². The second-order valence-electron chi connectivity index (χ2n) is 8.67. The van der Waals surface area contributed by atoms with Crippen LogP contribution in [0.5, 0.6) is 0 Å². The van der Waals surface area contributed by atoms with Crippen molar-refractivity contribution in [3.05, 3.63) is 82.5 Å². The Bertz CT molecular complexity index is 1230. The van der Waals surface area contributed by atoms with Crippen LogP contribution in [0.25, 0.3) is 0 Å². The first-order valence-corrected chi connectivity index (χ1v) is 10.3. The van der Waals surface area contributed by atoms with Crippen LogP contribution in [-0.4, -0.2) is 22.9 Å². The van der Waals surface area contributed by atoms with Crippen molar-refractivity contribution in [3.63, 3.8) is 0 Å². The zero-order chi connectivity index (χ0) is 23.5. The number of aromatic nitrogens is 1. The van der Waals surface area contributed by atoms with Crippen molar-refractivity contribution < 1.29 is 32.4 Å². The maximum Gasteiger partial charge on any atom is 0.330 e. The molecule has 5 rings (SSSR count). The van der Waals surface area contributed by atoms with E-state index in [-0.39, 0.29) is 5.88 Å². The van der Waals surface area contributed by atoms with E-state index >= 15 is 0 Å². The number of rotatable bonds is 2. The van der Waals surface area contributed by atoms with E-state index in [1.54, 1.807) is 6.92 Å². The summed E-state index contributed by atoms with van der Waals surface area (Å²) in [4.78, 5) is 27.6. The lowest BCUT2D eigenvalue weighted by molar-refractivity contribution is -0.254. The van der Waals surface area contributed by atoms with Gasteiger partial charge < -0.3 is 19.3 Å². The smallest absolute Gasteiger partial charge is 0.330 e. The molecule has 9 heteroatoms. The second kappa shape index (κ2) is 7.13. The lowest BCUT2D eigenvalue weighted by atomic mass is 9.60. The molecule has 0 radical (unpaired) electrons. The molecule has 170 valence electrons. The molecule has 2 atom stereocenters. The molecule has 0 saturated carbocycles. The highest BCUT2D eigenvalue weighted by Gasteiger charge is 2.68. The summed E-state index contributed by atoms with van der Waals surface area (Å²) >= 11 is 0. The van der Waals surface area contributed by atoms with Gasteiger partial charge in [0.15, 0.2) is 0 Å². The Morgan fingerprint density at radius 3 is 1.94 bits per heavy atom. The average molecular weight is 454 g/mol. The predicted octanol–water partition coefficient (Wildman–Crippen LogP) is 4.38. The third-order valence-electron chi connectivity index (χ3n) is 6.14. The van der Waals surface area contributed by atoms with Crippen LogP contribution in [0.3, 0.4) is 0 Å². The van der Waals surface area contributed by atoms with Crippen molar-refractivity contribution in [2.45, 2.75) is 38.5 Å². The molecule has 2 aromatic carbocycles. The van der Waals surface area contributed by atoms with Gasteiger partial charge in [-0.3, -0.25) is 9.59 Å². The van der Waals surface area contributed by atoms with Crippen molar-refractivity contribution in [3.8, 4) is 0 Å². The van der Waals surface area contributed by atoms with Crippen LogP contribution in [0.2, 0.25) is 0 Å². The van der Waals surface area contributed by atoms with Crippen LogP contribution >= 0.6 is 0 Å². The standard InChI is InChI=1S/C24H20F2N2O5/c1-12-17-18(13-4-8-15(25)9-5-13)24(21(29)31-23(2,3)32-22(24)30)19(27-20(17)33-28-12)14-6-10-16(26)11-7-14/h4-11,18-19,27H,1-3H3/t18-,19-/m1/s1. The van der Waals surface area contributed by atoms with Gasteiger partial charge in [0.2, 0.25) is 11.3 Å². The predicted molar refractivity (Wildman–Crippen MR) is 111 cm³/mol. The first kappa shape index (κ1) is 21.1. The van der Waals surface area contributed by atoms with Crippen molar-refractivity contribution in [1.82, 2.24) is 5.16 Å². The molecule has 1 spiro atoms. The summed E-state index contributed by atoms with van der Waals surface area (Å²) in [5.74, 6) is -4.83. The largest absolute Gasteiger partial charge is 0.422 e. The Labute approximate surface area is 187 Å². The highest BCUT2D eigenvalue weighted by atomic mass is 19.1. The molecule has 3 heterocycles. The van der Waals surface area contributed by atoms with Gasteiger partial charge >= 0.3 is 11.9 Å². The van der Waals surface area contributed by atoms with Gasteiger partial charge in [-0.15, -0.1) is 0 Å². The minimum absolute atomic E-state index is 0.243. The van der Waals surface area contributed by atoms with Crippen LogP contribution in [0, 0.1) is 24.0 Å². The monoisotopic (exact) mass is 454 g/mol. The van der Waals surface area contributed by atoms with Gasteiger partial charge in [0.1, 0.15) is 11.6 Å². The number of aryl methyl sites for hydroxylation is 1. The lowest BCUT2D eigenvalue weighted by Crippen LogP contribution is -2.61. The number of hydrogen-bond donors (Lipinski definition) is 1. The van der Waals surface area contributed by atoms with E-state index in [0.29, 0.717) is 22.4 Å². The second-order valence-corrected chi connectivity index (χ2v) is 8.67. The molecule has 7 nitrogen and oxygen atoms in total. The number of ether oxygens (including phenoxy) is 2. The number of halogens is 2. The molecule has 2 aliphatic rings. The van der Waals surface area contributed by atoms with E-state index in [9.17, 15) is 18.4 Å². The van der Waals surface area contributed by atoms with Crippen molar-refractivity contribution >= 4 is 17.8 Å². The number of benzene rings is 2. The van der Waals surface area contributed by atoms with E-state index in [1.807, 2.05) is 0 Å². The maximum absolute atomic E-state index is 13.8. The first-order valence-electron chi connectivity index (χ1n) is 10.3. The Morgan fingerprint density at radius 2 is 1.39 bits per heavy atom. The SMILES string of the molecule is Cc1noc2c1[C@@H](c1ccc(F)cc1)C1(C(=O)OC(C)(C)OC1=O)[C@@H](c1ccc(F)cc1)N2. The van der Waals surface area contributed by atoms with Gasteiger partial charge in [-0.2, -0.15) is 0 Å². The number of hydrogen-bond acceptors (Lipinski definition) is 7. The van der Waals surface area contributed by atoms with E-state index in [0.717, 1.165) is 0 Å². The minimum atomic E-state index is -1.96. The zero-order valence-electron chi connectivity index (χ0n) is 18.0. The van der Waals surface area contributed by atoms with Crippen molar-refractivity contribution in [2.24, 2.45) is 5.41 Å². The molecule has 3 aromatic rings. The summed E-state index contributed by atoms with van der Waals surface area (Å²) in [6.07, 6.45) is 0. The van der Waals surface area contributed by atoms with Gasteiger partial charge in [-0.1, -0.05) is 29.4 Å². The molecule has 2 aliphatic heterocycles. The number of nitrogens with zero attached hydrogens (tertiary/aromatic N) is 1. The molecule has 1 saturated heterocycles. The van der Waals surface area contributed by atoms with E-state index < -0.39 is 46.7 Å².